The first-order valence-corrected chi connectivity index (χ1v) is 8.95. The van der Waals surface area contributed by atoms with Gasteiger partial charge in [-0.05, 0) is 50.8 Å². The number of rotatable bonds is 5. The Balaban J connectivity index is 1.86. The molecule has 0 bridgehead atoms. The van der Waals surface area contributed by atoms with Crippen molar-refractivity contribution in [3.63, 3.8) is 0 Å². The predicted octanol–water partition coefficient (Wildman–Crippen LogP) is 1.09. The Bertz CT molecular complexity index is 961. The summed E-state index contributed by atoms with van der Waals surface area (Å²) in [6.45, 7) is 4.05. The fourth-order valence-corrected chi connectivity index (χ4v) is 3.77. The summed E-state index contributed by atoms with van der Waals surface area (Å²) >= 11 is 0. The molecule has 0 unspecified atom stereocenters. The maximum absolute atomic E-state index is 12.5. The standard InChI is InChI=1S/C20H23NO6/c1-11-13-6-8-16(26-3)12(2)18(13)27-20(25)14(11)7-9-17(22)21-10-4-5-15(21)19(23)24/h6,8,15H,4-5,7,9-10H2,1-3H3,(H,23,24)/p-1/t15-/m1/s1. The number of aryl methyl sites for hydroxylation is 2. The molecule has 2 aromatic rings. The average molecular weight is 372 g/mol. The molecule has 1 aromatic heterocycles. The Morgan fingerprint density at radius 3 is 2.70 bits per heavy atom. The van der Waals surface area contributed by atoms with Crippen molar-refractivity contribution < 1.29 is 23.8 Å². The highest BCUT2D eigenvalue weighted by Gasteiger charge is 2.29. The fraction of sp³-hybridized carbons (Fsp3) is 0.450. The molecule has 1 aromatic carbocycles. The van der Waals surface area contributed by atoms with Gasteiger partial charge >= 0.3 is 5.63 Å². The van der Waals surface area contributed by atoms with Crippen LogP contribution >= 0.6 is 0 Å². The van der Waals surface area contributed by atoms with Gasteiger partial charge in [-0.3, -0.25) is 4.79 Å². The van der Waals surface area contributed by atoms with Gasteiger partial charge < -0.3 is 24.0 Å². The minimum Gasteiger partial charge on any atom is -0.548 e. The Morgan fingerprint density at radius 1 is 1.30 bits per heavy atom. The number of methoxy groups -OCH3 is 1. The molecular weight excluding hydrogens is 350 g/mol. The zero-order valence-electron chi connectivity index (χ0n) is 15.7. The molecule has 0 N–H and O–H groups in total. The van der Waals surface area contributed by atoms with Gasteiger partial charge in [-0.15, -0.1) is 0 Å². The van der Waals surface area contributed by atoms with Crippen LogP contribution in [0.4, 0.5) is 0 Å². The van der Waals surface area contributed by atoms with Crippen molar-refractivity contribution in [2.24, 2.45) is 0 Å². The highest BCUT2D eigenvalue weighted by atomic mass is 16.5. The van der Waals surface area contributed by atoms with Crippen molar-refractivity contribution in [1.29, 1.82) is 0 Å². The number of carbonyl (C=O) groups excluding carboxylic acids is 2. The maximum Gasteiger partial charge on any atom is 0.339 e. The van der Waals surface area contributed by atoms with E-state index < -0.39 is 17.6 Å². The number of aliphatic carboxylic acids is 1. The molecule has 2 heterocycles. The van der Waals surface area contributed by atoms with Crippen LogP contribution in [0.3, 0.4) is 0 Å². The van der Waals surface area contributed by atoms with Crippen LogP contribution in [0, 0.1) is 13.8 Å². The molecule has 1 aliphatic heterocycles. The van der Waals surface area contributed by atoms with Crippen molar-refractivity contribution in [3.05, 3.63) is 39.2 Å². The number of nitrogens with zero attached hydrogens (tertiary/aromatic N) is 1. The van der Waals surface area contributed by atoms with E-state index in [-0.39, 0.29) is 18.7 Å². The number of hydrogen-bond donors (Lipinski definition) is 0. The van der Waals surface area contributed by atoms with Crippen molar-refractivity contribution in [1.82, 2.24) is 4.90 Å². The Labute approximate surface area is 156 Å². The van der Waals surface area contributed by atoms with Crippen LogP contribution in [0.25, 0.3) is 11.0 Å². The van der Waals surface area contributed by atoms with E-state index in [1.807, 2.05) is 26.0 Å². The van der Waals surface area contributed by atoms with E-state index in [0.717, 1.165) is 16.5 Å². The molecule has 1 fully saturated rings. The first-order chi connectivity index (χ1) is 12.8. The molecule has 3 rings (SSSR count). The van der Waals surface area contributed by atoms with Gasteiger partial charge in [0.2, 0.25) is 5.91 Å². The molecule has 7 nitrogen and oxygen atoms in total. The van der Waals surface area contributed by atoms with Gasteiger partial charge in [-0.2, -0.15) is 0 Å². The van der Waals surface area contributed by atoms with Gasteiger partial charge in [0.05, 0.1) is 19.1 Å². The molecule has 7 heteroatoms. The lowest BCUT2D eigenvalue weighted by Crippen LogP contribution is -2.47. The summed E-state index contributed by atoms with van der Waals surface area (Å²) in [5.74, 6) is -0.881. The van der Waals surface area contributed by atoms with Crippen LogP contribution in [-0.4, -0.2) is 36.5 Å². The molecule has 144 valence electrons. The van der Waals surface area contributed by atoms with E-state index in [1.54, 1.807) is 7.11 Å². The number of carboxylic acid groups (broad SMARTS) is 1. The third kappa shape index (κ3) is 3.41. The van der Waals surface area contributed by atoms with E-state index in [1.165, 1.54) is 4.90 Å². The maximum atomic E-state index is 12.5. The molecule has 0 aliphatic carbocycles. The summed E-state index contributed by atoms with van der Waals surface area (Å²) in [5, 5.41) is 11.9. The quantitative estimate of drug-likeness (QED) is 0.729. The summed E-state index contributed by atoms with van der Waals surface area (Å²) in [4.78, 5) is 37.4. The lowest BCUT2D eigenvalue weighted by molar-refractivity contribution is -0.310. The van der Waals surface area contributed by atoms with Crippen LogP contribution in [0.5, 0.6) is 5.75 Å². The second kappa shape index (κ2) is 7.42. The summed E-state index contributed by atoms with van der Waals surface area (Å²) in [6.07, 6.45) is 1.30. The van der Waals surface area contributed by atoms with Crippen LogP contribution in [-0.2, 0) is 16.0 Å². The number of fused-ring (bicyclic) bond motifs is 1. The molecule has 0 saturated carbocycles. The summed E-state index contributed by atoms with van der Waals surface area (Å²) in [6, 6.07) is 2.77. The zero-order chi connectivity index (χ0) is 19.7. The van der Waals surface area contributed by atoms with Gasteiger partial charge in [-0.1, -0.05) is 0 Å². The largest absolute Gasteiger partial charge is 0.548 e. The van der Waals surface area contributed by atoms with Gasteiger partial charge in [-0.25, -0.2) is 4.79 Å². The minimum absolute atomic E-state index is 0.0516. The molecule has 27 heavy (non-hydrogen) atoms. The number of ether oxygens (including phenoxy) is 1. The van der Waals surface area contributed by atoms with E-state index in [9.17, 15) is 19.5 Å². The summed E-state index contributed by atoms with van der Waals surface area (Å²) in [7, 11) is 1.55. The molecule has 0 radical (unpaired) electrons. The first kappa shape index (κ1) is 18.9. The smallest absolute Gasteiger partial charge is 0.339 e. The highest BCUT2D eigenvalue weighted by molar-refractivity contribution is 5.86. The monoisotopic (exact) mass is 372 g/mol. The van der Waals surface area contributed by atoms with Gasteiger partial charge in [0, 0.05) is 29.5 Å². The van der Waals surface area contributed by atoms with E-state index in [4.69, 9.17) is 9.15 Å². The third-order valence-electron chi connectivity index (χ3n) is 5.31. The Morgan fingerprint density at radius 2 is 2.04 bits per heavy atom. The van der Waals surface area contributed by atoms with Gasteiger partial charge in [0.1, 0.15) is 11.3 Å². The molecule has 0 spiro atoms. The topological polar surface area (TPSA) is 99.9 Å². The van der Waals surface area contributed by atoms with E-state index >= 15 is 0 Å². The van der Waals surface area contributed by atoms with Crippen molar-refractivity contribution in [2.75, 3.05) is 13.7 Å². The lowest BCUT2D eigenvalue weighted by atomic mass is 10.00. The zero-order valence-corrected chi connectivity index (χ0v) is 15.7. The normalized spacial score (nSPS) is 16.7. The molecule has 1 amide bonds. The lowest BCUT2D eigenvalue weighted by Gasteiger charge is -2.25. The summed E-state index contributed by atoms with van der Waals surface area (Å²) < 4.78 is 10.8. The number of hydrogen-bond acceptors (Lipinski definition) is 6. The average Bonchev–Trinajstić information content (AvgIpc) is 3.12. The fourth-order valence-electron chi connectivity index (χ4n) is 3.77. The van der Waals surface area contributed by atoms with Crippen molar-refractivity contribution >= 4 is 22.8 Å². The minimum atomic E-state index is -1.23. The number of likely N-dealkylation sites (tertiary alicyclic amines) is 1. The summed E-state index contributed by atoms with van der Waals surface area (Å²) in [5.41, 5.74) is 1.93. The predicted molar refractivity (Wildman–Crippen MR) is 96.6 cm³/mol. The highest BCUT2D eigenvalue weighted by Crippen LogP contribution is 2.29. The molecule has 1 saturated heterocycles. The number of carboxylic acids is 1. The van der Waals surface area contributed by atoms with Crippen LogP contribution in [0.1, 0.15) is 36.0 Å². The molecule has 1 aliphatic rings. The first-order valence-electron chi connectivity index (χ1n) is 8.95. The third-order valence-corrected chi connectivity index (χ3v) is 5.31. The van der Waals surface area contributed by atoms with E-state index in [0.29, 0.717) is 36.3 Å². The van der Waals surface area contributed by atoms with Crippen molar-refractivity contribution in [2.45, 2.75) is 45.6 Å². The number of benzene rings is 1. The van der Waals surface area contributed by atoms with E-state index in [2.05, 4.69) is 0 Å². The Hall–Kier alpha value is -2.83. The van der Waals surface area contributed by atoms with Gasteiger partial charge in [0.15, 0.2) is 0 Å². The molecule has 1 atom stereocenters. The van der Waals surface area contributed by atoms with Crippen LogP contribution < -0.4 is 15.5 Å². The van der Waals surface area contributed by atoms with Crippen LogP contribution in [0.2, 0.25) is 0 Å². The SMILES string of the molecule is COc1ccc2c(C)c(CCC(=O)N3CCC[C@@H]3C(=O)[O-])c(=O)oc2c1C. The second-order valence-corrected chi connectivity index (χ2v) is 6.83. The Kier molecular flexibility index (Phi) is 5.21. The second-order valence-electron chi connectivity index (χ2n) is 6.83. The number of carbonyl (C=O) groups is 2. The van der Waals surface area contributed by atoms with Crippen LogP contribution in [0.15, 0.2) is 21.3 Å². The van der Waals surface area contributed by atoms with Gasteiger partial charge in [0.25, 0.3) is 0 Å². The molecular formula is C20H22NO6-. The van der Waals surface area contributed by atoms with Crippen molar-refractivity contribution in [3.8, 4) is 5.75 Å². The number of amides is 1.